The van der Waals surface area contributed by atoms with Crippen molar-refractivity contribution >= 4 is 27.1 Å². The Bertz CT molecular complexity index is 1100. The summed E-state index contributed by atoms with van der Waals surface area (Å²) in [5.41, 5.74) is 3.33. The van der Waals surface area contributed by atoms with Gasteiger partial charge in [0.2, 0.25) is 5.91 Å². The molecule has 0 spiro atoms. The standard InChI is InChI=1S/C26H35N3O3S/c1-4-28-15-17-29(18-16-28)23-11-9-22(10-12-23)27-25(30)26(13-5-6-14-26)33(31,32)24-19-20(2)7-8-21(24)3/h7-12,19H,4-6,13-18H2,1-3H3,(H,27,30). The highest BCUT2D eigenvalue weighted by molar-refractivity contribution is 7.93. The number of carbonyl (C=O) groups is 1. The number of sulfone groups is 1. The maximum atomic E-state index is 13.8. The Labute approximate surface area is 197 Å². The van der Waals surface area contributed by atoms with E-state index in [1.165, 1.54) is 0 Å². The molecule has 2 aliphatic rings. The van der Waals surface area contributed by atoms with Gasteiger partial charge in [0.1, 0.15) is 0 Å². The molecule has 0 atom stereocenters. The Kier molecular flexibility index (Phi) is 6.82. The first-order chi connectivity index (χ1) is 15.8. The van der Waals surface area contributed by atoms with Gasteiger partial charge < -0.3 is 15.1 Å². The summed E-state index contributed by atoms with van der Waals surface area (Å²) in [6.45, 7) is 11.0. The number of carbonyl (C=O) groups excluding carboxylic acids is 1. The van der Waals surface area contributed by atoms with Crippen molar-refractivity contribution in [3.05, 3.63) is 53.6 Å². The van der Waals surface area contributed by atoms with E-state index in [2.05, 4.69) is 22.0 Å². The minimum absolute atomic E-state index is 0.279. The fourth-order valence-corrected chi connectivity index (χ4v) is 7.47. The van der Waals surface area contributed by atoms with Crippen molar-refractivity contribution < 1.29 is 13.2 Å². The monoisotopic (exact) mass is 469 g/mol. The molecule has 0 unspecified atom stereocenters. The second kappa shape index (κ2) is 9.47. The van der Waals surface area contributed by atoms with Crippen LogP contribution >= 0.6 is 0 Å². The van der Waals surface area contributed by atoms with E-state index in [1.54, 1.807) is 13.0 Å². The predicted molar refractivity (Wildman–Crippen MR) is 134 cm³/mol. The van der Waals surface area contributed by atoms with Gasteiger partial charge in [0, 0.05) is 37.6 Å². The molecule has 2 aromatic rings. The van der Waals surface area contributed by atoms with Crippen LogP contribution in [0.5, 0.6) is 0 Å². The van der Waals surface area contributed by atoms with Gasteiger partial charge in [-0.3, -0.25) is 4.79 Å². The molecule has 33 heavy (non-hydrogen) atoms. The molecule has 0 aromatic heterocycles. The fourth-order valence-electron chi connectivity index (χ4n) is 5.09. The molecule has 2 aromatic carbocycles. The second-order valence-corrected chi connectivity index (χ2v) is 11.6. The first kappa shape index (κ1) is 23.8. The van der Waals surface area contributed by atoms with Crippen LogP contribution in [0.4, 0.5) is 11.4 Å². The molecule has 0 radical (unpaired) electrons. The Balaban J connectivity index is 1.54. The molecule has 1 saturated heterocycles. The van der Waals surface area contributed by atoms with Gasteiger partial charge in [0.05, 0.1) is 4.90 Å². The van der Waals surface area contributed by atoms with Crippen molar-refractivity contribution in [1.82, 2.24) is 4.90 Å². The van der Waals surface area contributed by atoms with Gasteiger partial charge in [-0.15, -0.1) is 0 Å². The van der Waals surface area contributed by atoms with Crippen LogP contribution in [0.2, 0.25) is 0 Å². The summed E-state index contributed by atoms with van der Waals surface area (Å²) in [5.74, 6) is -0.412. The number of aryl methyl sites for hydroxylation is 2. The number of hydrogen-bond acceptors (Lipinski definition) is 5. The largest absolute Gasteiger partial charge is 0.369 e. The number of benzene rings is 2. The van der Waals surface area contributed by atoms with E-state index in [0.717, 1.165) is 56.8 Å². The van der Waals surface area contributed by atoms with Crippen molar-refractivity contribution in [3.8, 4) is 0 Å². The van der Waals surface area contributed by atoms with E-state index in [-0.39, 0.29) is 4.90 Å². The molecule has 2 fully saturated rings. The Morgan fingerprint density at radius 2 is 1.61 bits per heavy atom. The summed E-state index contributed by atoms with van der Waals surface area (Å²) in [5, 5.41) is 2.94. The van der Waals surface area contributed by atoms with Gasteiger partial charge in [-0.2, -0.15) is 0 Å². The van der Waals surface area contributed by atoms with E-state index in [9.17, 15) is 13.2 Å². The highest BCUT2D eigenvalue weighted by Gasteiger charge is 2.53. The van der Waals surface area contributed by atoms with E-state index in [1.807, 2.05) is 43.3 Å². The minimum atomic E-state index is -3.83. The van der Waals surface area contributed by atoms with E-state index < -0.39 is 20.5 Å². The van der Waals surface area contributed by atoms with Crippen LogP contribution in [0.3, 0.4) is 0 Å². The number of anilines is 2. The lowest BCUT2D eigenvalue weighted by molar-refractivity contribution is -0.118. The normalized spacial score (nSPS) is 18.9. The van der Waals surface area contributed by atoms with Crippen LogP contribution in [-0.2, 0) is 14.6 Å². The summed E-state index contributed by atoms with van der Waals surface area (Å²) in [7, 11) is -3.83. The molecule has 178 valence electrons. The number of piperazine rings is 1. The van der Waals surface area contributed by atoms with Crippen LogP contribution in [0.25, 0.3) is 0 Å². The number of rotatable bonds is 6. The van der Waals surface area contributed by atoms with Crippen molar-refractivity contribution in [2.75, 3.05) is 42.9 Å². The zero-order chi connectivity index (χ0) is 23.6. The van der Waals surface area contributed by atoms with E-state index in [0.29, 0.717) is 24.1 Å². The number of nitrogens with one attached hydrogen (secondary N) is 1. The summed E-state index contributed by atoms with van der Waals surface area (Å²) >= 11 is 0. The summed E-state index contributed by atoms with van der Waals surface area (Å²) < 4.78 is 26.2. The number of likely N-dealkylation sites (N-methyl/N-ethyl adjacent to an activating group) is 1. The molecule has 7 heteroatoms. The van der Waals surface area contributed by atoms with Crippen molar-refractivity contribution in [1.29, 1.82) is 0 Å². The molecule has 1 amide bonds. The smallest absolute Gasteiger partial charge is 0.246 e. The van der Waals surface area contributed by atoms with Gasteiger partial charge in [0.15, 0.2) is 14.6 Å². The molecule has 1 N–H and O–H groups in total. The SMILES string of the molecule is CCN1CCN(c2ccc(NC(=O)C3(S(=O)(=O)c4cc(C)ccc4C)CCCC3)cc2)CC1. The quantitative estimate of drug-likeness (QED) is 0.688. The lowest BCUT2D eigenvalue weighted by atomic mass is 10.1. The summed E-state index contributed by atoms with van der Waals surface area (Å²) in [4.78, 5) is 18.6. The summed E-state index contributed by atoms with van der Waals surface area (Å²) in [6.07, 6.45) is 2.18. The highest BCUT2D eigenvalue weighted by atomic mass is 32.2. The zero-order valence-corrected chi connectivity index (χ0v) is 20.7. The topological polar surface area (TPSA) is 69.7 Å². The van der Waals surface area contributed by atoms with Crippen LogP contribution in [0, 0.1) is 13.8 Å². The molecular weight excluding hydrogens is 434 g/mol. The molecule has 1 heterocycles. The average Bonchev–Trinajstić information content (AvgIpc) is 3.33. The highest BCUT2D eigenvalue weighted by Crippen LogP contribution is 2.42. The lowest BCUT2D eigenvalue weighted by Crippen LogP contribution is -2.47. The van der Waals surface area contributed by atoms with Crippen molar-refractivity contribution in [2.24, 2.45) is 0 Å². The van der Waals surface area contributed by atoms with Gasteiger partial charge >= 0.3 is 0 Å². The Hall–Kier alpha value is -2.38. The molecule has 1 saturated carbocycles. The van der Waals surface area contributed by atoms with Gasteiger partial charge in [0.25, 0.3) is 0 Å². The first-order valence-electron chi connectivity index (χ1n) is 12.0. The molecule has 1 aliphatic heterocycles. The van der Waals surface area contributed by atoms with Crippen LogP contribution < -0.4 is 10.2 Å². The summed E-state index contributed by atoms with van der Waals surface area (Å²) in [6, 6.07) is 13.2. The van der Waals surface area contributed by atoms with E-state index >= 15 is 0 Å². The van der Waals surface area contributed by atoms with Crippen LogP contribution in [0.15, 0.2) is 47.4 Å². The van der Waals surface area contributed by atoms with Gasteiger partial charge in [-0.05, 0) is 74.7 Å². The lowest BCUT2D eigenvalue weighted by Gasteiger charge is -2.35. The number of amides is 1. The number of hydrogen-bond donors (Lipinski definition) is 1. The molecular formula is C26H35N3O3S. The third-order valence-electron chi connectivity index (χ3n) is 7.28. The van der Waals surface area contributed by atoms with Crippen molar-refractivity contribution in [2.45, 2.75) is 56.1 Å². The first-order valence-corrected chi connectivity index (χ1v) is 13.5. The molecule has 4 rings (SSSR count). The van der Waals surface area contributed by atoms with Gasteiger partial charge in [-0.1, -0.05) is 31.9 Å². The molecule has 0 bridgehead atoms. The second-order valence-electron chi connectivity index (χ2n) is 9.40. The molecule has 6 nitrogen and oxygen atoms in total. The average molecular weight is 470 g/mol. The maximum absolute atomic E-state index is 13.8. The Morgan fingerprint density at radius 1 is 0.970 bits per heavy atom. The predicted octanol–water partition coefficient (Wildman–Crippen LogP) is 4.17. The van der Waals surface area contributed by atoms with Crippen LogP contribution in [0.1, 0.15) is 43.7 Å². The van der Waals surface area contributed by atoms with Crippen LogP contribution in [-0.4, -0.2) is 56.7 Å². The van der Waals surface area contributed by atoms with Gasteiger partial charge in [-0.25, -0.2) is 8.42 Å². The zero-order valence-electron chi connectivity index (χ0n) is 19.9. The molecule has 1 aliphatic carbocycles. The van der Waals surface area contributed by atoms with E-state index in [4.69, 9.17) is 0 Å². The van der Waals surface area contributed by atoms with Crippen molar-refractivity contribution in [3.63, 3.8) is 0 Å². The third-order valence-corrected chi connectivity index (χ3v) is 9.92. The Morgan fingerprint density at radius 3 is 2.21 bits per heavy atom. The fraction of sp³-hybridized carbons (Fsp3) is 0.500. The maximum Gasteiger partial charge on any atom is 0.246 e. The third kappa shape index (κ3) is 4.53. The minimum Gasteiger partial charge on any atom is -0.369 e. The number of nitrogens with zero attached hydrogens (tertiary/aromatic N) is 2.